The molecule has 1 aliphatic heterocycles. The molecule has 1 saturated heterocycles. The van der Waals surface area contributed by atoms with E-state index in [1.54, 1.807) is 6.07 Å². The van der Waals surface area contributed by atoms with Crippen molar-refractivity contribution < 1.29 is 4.79 Å². The minimum absolute atomic E-state index is 0.150. The fraction of sp³-hybridized carbons (Fsp3) is 0.421. The predicted molar refractivity (Wildman–Crippen MR) is 105 cm³/mol. The summed E-state index contributed by atoms with van der Waals surface area (Å²) in [6, 6.07) is 6.95. The first kappa shape index (κ1) is 17.5. The van der Waals surface area contributed by atoms with Gasteiger partial charge in [0.2, 0.25) is 0 Å². The molecule has 142 valence electrons. The fourth-order valence-corrected chi connectivity index (χ4v) is 3.70. The number of hydrogen-bond donors (Lipinski definition) is 4. The zero-order valence-corrected chi connectivity index (χ0v) is 15.3. The number of benzene rings is 1. The molecule has 4 rings (SSSR count). The van der Waals surface area contributed by atoms with Crippen molar-refractivity contribution in [2.75, 3.05) is 25.0 Å². The minimum Gasteiger partial charge on any atom is -0.338 e. The highest BCUT2D eigenvalue weighted by Crippen LogP contribution is 2.30. The number of rotatable bonds is 4. The van der Waals surface area contributed by atoms with E-state index in [2.05, 4.69) is 20.9 Å². The third-order valence-electron chi connectivity index (χ3n) is 5.01. The lowest BCUT2D eigenvalue weighted by Gasteiger charge is -2.23. The van der Waals surface area contributed by atoms with Crippen LogP contribution in [0.2, 0.25) is 0 Å². The molecule has 1 fully saturated rings. The number of H-pyrrole nitrogens is 1. The van der Waals surface area contributed by atoms with Crippen molar-refractivity contribution in [3.63, 3.8) is 0 Å². The van der Waals surface area contributed by atoms with Gasteiger partial charge in [-0.3, -0.25) is 4.79 Å². The summed E-state index contributed by atoms with van der Waals surface area (Å²) in [6.45, 7) is 4.47. The molecule has 8 heteroatoms. The number of carbonyl (C=O) groups excluding carboxylic acids is 1. The van der Waals surface area contributed by atoms with Gasteiger partial charge < -0.3 is 20.9 Å². The lowest BCUT2D eigenvalue weighted by atomic mass is 9.94. The summed E-state index contributed by atoms with van der Waals surface area (Å²) in [4.78, 5) is 27.4. The van der Waals surface area contributed by atoms with E-state index in [9.17, 15) is 9.59 Å². The third-order valence-corrected chi connectivity index (χ3v) is 5.01. The van der Waals surface area contributed by atoms with Crippen molar-refractivity contribution in [3.05, 3.63) is 40.3 Å². The van der Waals surface area contributed by atoms with Crippen molar-refractivity contribution >= 4 is 28.3 Å². The van der Waals surface area contributed by atoms with Crippen LogP contribution in [0.3, 0.4) is 0 Å². The van der Waals surface area contributed by atoms with Crippen molar-refractivity contribution in [1.82, 2.24) is 25.2 Å². The van der Waals surface area contributed by atoms with E-state index in [4.69, 9.17) is 5.10 Å². The summed E-state index contributed by atoms with van der Waals surface area (Å²) < 4.78 is 1.83. The van der Waals surface area contributed by atoms with Gasteiger partial charge in [-0.1, -0.05) is 13.0 Å². The second kappa shape index (κ2) is 7.40. The summed E-state index contributed by atoms with van der Waals surface area (Å²) in [6.07, 6.45) is 2.81. The van der Waals surface area contributed by atoms with Crippen molar-refractivity contribution in [1.29, 1.82) is 0 Å². The molecule has 0 saturated carbocycles. The molecule has 8 nitrogen and oxygen atoms in total. The Hall–Kier alpha value is -2.87. The van der Waals surface area contributed by atoms with Crippen LogP contribution in [0.15, 0.2) is 29.1 Å². The zero-order chi connectivity index (χ0) is 18.8. The second-order valence-corrected chi connectivity index (χ2v) is 6.92. The summed E-state index contributed by atoms with van der Waals surface area (Å²) in [5.41, 5.74) is 2.77. The van der Waals surface area contributed by atoms with Crippen LogP contribution in [0.4, 0.5) is 10.5 Å². The van der Waals surface area contributed by atoms with Gasteiger partial charge >= 0.3 is 6.03 Å². The molecule has 0 spiro atoms. The Bertz CT molecular complexity index is 1030. The molecule has 1 aliphatic rings. The number of anilines is 1. The number of nitrogens with zero attached hydrogens (tertiary/aromatic N) is 2. The van der Waals surface area contributed by atoms with Gasteiger partial charge in [-0.15, -0.1) is 0 Å². The molecule has 0 aliphatic carbocycles. The van der Waals surface area contributed by atoms with Crippen molar-refractivity contribution in [2.24, 2.45) is 0 Å². The van der Waals surface area contributed by atoms with Crippen LogP contribution in [-0.2, 0) is 0 Å². The number of piperidine rings is 1. The molecular weight excluding hydrogens is 344 g/mol. The lowest BCUT2D eigenvalue weighted by molar-refractivity contribution is 0.252. The topological polar surface area (TPSA) is 103 Å². The Morgan fingerprint density at radius 1 is 1.33 bits per heavy atom. The smallest absolute Gasteiger partial charge is 0.319 e. The van der Waals surface area contributed by atoms with Crippen molar-refractivity contribution in [3.8, 4) is 0 Å². The maximum absolute atomic E-state index is 12.4. The first-order valence-electron chi connectivity index (χ1n) is 9.47. The van der Waals surface area contributed by atoms with E-state index in [-0.39, 0.29) is 17.5 Å². The Labute approximate surface area is 156 Å². The summed E-state index contributed by atoms with van der Waals surface area (Å²) in [5, 5.41) is 14.5. The number of amides is 2. The highest BCUT2D eigenvalue weighted by atomic mass is 16.2. The predicted octanol–water partition coefficient (Wildman–Crippen LogP) is 2.17. The zero-order valence-electron chi connectivity index (χ0n) is 15.3. The first-order chi connectivity index (χ1) is 13.2. The van der Waals surface area contributed by atoms with Crippen LogP contribution >= 0.6 is 0 Å². The molecule has 3 aromatic rings. The Kier molecular flexibility index (Phi) is 4.81. The standard InChI is InChI=1S/C19H24N6O2/c1-2-8-21-19(27)22-13-4-3-5-14-17(13)18-23-16(26)11-15(25(18)24-14)12-6-9-20-10-7-12/h3-5,11-12,20H,2,6-10H2,1H3,(H,23,26)(H2,21,22,27). The maximum Gasteiger partial charge on any atom is 0.319 e. The van der Waals surface area contributed by atoms with E-state index >= 15 is 0 Å². The molecule has 4 N–H and O–H groups in total. The quantitative estimate of drug-likeness (QED) is 0.567. The van der Waals surface area contributed by atoms with E-state index in [1.165, 1.54) is 0 Å². The molecule has 2 amide bonds. The molecular formula is C19H24N6O2. The molecule has 0 unspecified atom stereocenters. The molecule has 0 bridgehead atoms. The third kappa shape index (κ3) is 3.40. The number of hydrogen-bond acceptors (Lipinski definition) is 4. The number of aromatic amines is 1. The Balaban J connectivity index is 1.83. The van der Waals surface area contributed by atoms with Gasteiger partial charge in [0.25, 0.3) is 5.56 Å². The average Bonchev–Trinajstić information content (AvgIpc) is 3.06. The minimum atomic E-state index is -0.263. The monoisotopic (exact) mass is 368 g/mol. The van der Waals surface area contributed by atoms with Gasteiger partial charge in [0.05, 0.1) is 22.3 Å². The first-order valence-corrected chi connectivity index (χ1v) is 9.47. The Morgan fingerprint density at radius 3 is 2.93 bits per heavy atom. The number of fused-ring (bicyclic) bond motifs is 3. The number of urea groups is 1. The Morgan fingerprint density at radius 2 is 2.15 bits per heavy atom. The van der Waals surface area contributed by atoms with E-state index in [1.807, 2.05) is 29.6 Å². The number of carbonyl (C=O) groups is 1. The van der Waals surface area contributed by atoms with Crippen LogP contribution in [-0.4, -0.2) is 40.3 Å². The van der Waals surface area contributed by atoms with Gasteiger partial charge in [-0.25, -0.2) is 9.31 Å². The average molecular weight is 368 g/mol. The lowest BCUT2D eigenvalue weighted by Crippen LogP contribution is -2.29. The SMILES string of the molecule is CCCNC(=O)Nc1cccc2nn3c(C4CCNCC4)cc(=O)[nH]c3c12. The maximum atomic E-state index is 12.4. The highest BCUT2D eigenvalue weighted by Gasteiger charge is 2.21. The number of aromatic nitrogens is 3. The molecule has 1 aromatic carbocycles. The van der Waals surface area contributed by atoms with Crippen LogP contribution < -0.4 is 21.5 Å². The fourth-order valence-electron chi connectivity index (χ4n) is 3.70. The second-order valence-electron chi connectivity index (χ2n) is 6.92. The molecule has 3 heterocycles. The van der Waals surface area contributed by atoms with Crippen LogP contribution in [0, 0.1) is 0 Å². The van der Waals surface area contributed by atoms with Gasteiger partial charge in [0.15, 0.2) is 0 Å². The van der Waals surface area contributed by atoms with Gasteiger partial charge in [-0.05, 0) is 44.5 Å². The highest BCUT2D eigenvalue weighted by molar-refractivity contribution is 6.07. The van der Waals surface area contributed by atoms with E-state index in [0.29, 0.717) is 17.9 Å². The summed E-state index contributed by atoms with van der Waals surface area (Å²) >= 11 is 0. The van der Waals surface area contributed by atoms with E-state index < -0.39 is 0 Å². The largest absolute Gasteiger partial charge is 0.338 e. The molecule has 2 aromatic heterocycles. The van der Waals surface area contributed by atoms with Crippen LogP contribution in [0.25, 0.3) is 16.6 Å². The van der Waals surface area contributed by atoms with E-state index in [0.717, 1.165) is 48.9 Å². The van der Waals surface area contributed by atoms with Gasteiger partial charge in [0, 0.05) is 18.5 Å². The van der Waals surface area contributed by atoms with Crippen LogP contribution in [0.1, 0.15) is 37.8 Å². The number of nitrogens with one attached hydrogen (secondary N) is 4. The summed E-state index contributed by atoms with van der Waals surface area (Å²) in [7, 11) is 0. The van der Waals surface area contributed by atoms with Gasteiger partial charge in [-0.2, -0.15) is 5.10 Å². The normalized spacial score (nSPS) is 15.3. The summed E-state index contributed by atoms with van der Waals surface area (Å²) in [5.74, 6) is 0.287. The molecule has 27 heavy (non-hydrogen) atoms. The van der Waals surface area contributed by atoms with Crippen LogP contribution in [0.5, 0.6) is 0 Å². The van der Waals surface area contributed by atoms with Crippen molar-refractivity contribution in [2.45, 2.75) is 32.1 Å². The molecule has 0 radical (unpaired) electrons. The molecule has 0 atom stereocenters. The van der Waals surface area contributed by atoms with Gasteiger partial charge in [0.1, 0.15) is 5.65 Å².